The molecule has 2 aromatic heterocycles. The molecule has 3 aliphatic carbocycles. The number of nitrogens with one attached hydrogen (secondary N) is 3. The largest absolute Gasteiger partial charge is 0.490 e. The van der Waals surface area contributed by atoms with E-state index < -0.39 is 53.0 Å². The summed E-state index contributed by atoms with van der Waals surface area (Å²) in [6.45, 7) is 15.3. The molecule has 3 amide bonds. The van der Waals surface area contributed by atoms with E-state index in [1.807, 2.05) is 59.1 Å². The number of anilines is 1. The highest BCUT2D eigenvalue weighted by atomic mass is 35.5. The predicted molar refractivity (Wildman–Crippen MR) is 238 cm³/mol. The monoisotopic (exact) mass is 909 g/mol. The van der Waals surface area contributed by atoms with E-state index in [9.17, 15) is 24.3 Å². The molecule has 0 spiro atoms. The Morgan fingerprint density at radius 2 is 1.78 bits per heavy atom. The molecule has 0 radical (unpaired) electrons. The highest BCUT2D eigenvalue weighted by Crippen LogP contribution is 2.52. The first-order valence-electron chi connectivity index (χ1n) is 22.3. The second-order valence-electron chi connectivity index (χ2n) is 19.2. The average Bonchev–Trinajstić information content (AvgIpc) is 3.91. The summed E-state index contributed by atoms with van der Waals surface area (Å²) in [7, 11) is 0. The molecule has 8 rings (SSSR count). The zero-order valence-corrected chi connectivity index (χ0v) is 38.5. The van der Waals surface area contributed by atoms with Crippen LogP contribution in [-0.2, 0) is 23.9 Å². The first-order chi connectivity index (χ1) is 30.0. The number of benzene rings is 1. The predicted octanol–water partition coefficient (Wildman–Crippen LogP) is 6.20. The van der Waals surface area contributed by atoms with Crippen LogP contribution in [0, 0.1) is 23.2 Å². The lowest BCUT2D eigenvalue weighted by atomic mass is 9.85. The van der Waals surface area contributed by atoms with Crippen LogP contribution in [0.1, 0.15) is 80.1 Å². The number of amides is 3. The van der Waals surface area contributed by atoms with Crippen molar-refractivity contribution in [2.24, 2.45) is 23.2 Å². The van der Waals surface area contributed by atoms with Crippen molar-refractivity contribution in [2.75, 3.05) is 51.3 Å². The summed E-state index contributed by atoms with van der Waals surface area (Å²) in [6.07, 6.45) is 2.11. The molecule has 3 saturated carbocycles. The number of aliphatic carboxylic acids is 1. The summed E-state index contributed by atoms with van der Waals surface area (Å²) in [5.74, 6) is -0.504. The van der Waals surface area contributed by atoms with Crippen molar-refractivity contribution >= 4 is 62.8 Å². The number of ether oxygens (including phenoxy) is 4. The number of aromatic nitrogens is 2. The maximum absolute atomic E-state index is 14.8. The van der Waals surface area contributed by atoms with Crippen molar-refractivity contribution in [3.05, 3.63) is 28.6 Å². The van der Waals surface area contributed by atoms with Crippen molar-refractivity contribution in [2.45, 2.75) is 116 Å². The van der Waals surface area contributed by atoms with E-state index in [-0.39, 0.29) is 31.0 Å². The molecule has 5 fully saturated rings. The number of pyridine rings is 1. The van der Waals surface area contributed by atoms with E-state index in [2.05, 4.69) is 20.9 Å². The number of carbonyl (C=O) groups excluding carboxylic acids is 3. The number of carboxylic acids is 1. The van der Waals surface area contributed by atoms with E-state index in [0.29, 0.717) is 89.9 Å². The molecule has 5 aliphatic rings. The Kier molecular flexibility index (Phi) is 13.0. The summed E-state index contributed by atoms with van der Waals surface area (Å²) in [4.78, 5) is 68.4. The minimum atomic E-state index is -1.42. The number of likely N-dealkylation sites (tertiary alicyclic amines) is 1. The van der Waals surface area contributed by atoms with E-state index in [1.54, 1.807) is 6.07 Å². The molecule has 0 unspecified atom stereocenters. The van der Waals surface area contributed by atoms with Crippen molar-refractivity contribution < 1.29 is 43.2 Å². The molecule has 2 saturated heterocycles. The van der Waals surface area contributed by atoms with Crippen molar-refractivity contribution in [1.29, 1.82) is 0 Å². The van der Waals surface area contributed by atoms with Gasteiger partial charge in [-0.15, -0.1) is 11.3 Å². The molecule has 2 aliphatic heterocycles. The van der Waals surface area contributed by atoms with Gasteiger partial charge in [0.2, 0.25) is 11.8 Å². The third-order valence-electron chi connectivity index (χ3n) is 13.1. The van der Waals surface area contributed by atoms with Gasteiger partial charge in [-0.1, -0.05) is 45.7 Å². The Balaban J connectivity index is 1.09. The number of hydrogen-bond acceptors (Lipinski definition) is 13. The van der Waals surface area contributed by atoms with Crippen LogP contribution in [0.25, 0.3) is 22.3 Å². The van der Waals surface area contributed by atoms with Gasteiger partial charge < -0.3 is 44.9 Å². The quantitative estimate of drug-likeness (QED) is 0.127. The molecule has 3 aromatic rings. The Bertz CT molecular complexity index is 2200. The number of alkyl carbamates (subject to hydrolysis) is 1. The average molecular weight is 911 g/mol. The third kappa shape index (κ3) is 9.96. The molecule has 4 N–H and O–H groups in total. The molecule has 63 heavy (non-hydrogen) atoms. The van der Waals surface area contributed by atoms with Crippen LogP contribution < -0.4 is 25.4 Å². The minimum Gasteiger partial charge on any atom is -0.490 e. The molecule has 8 atom stereocenters. The summed E-state index contributed by atoms with van der Waals surface area (Å²) >= 11 is 8.59. The fourth-order valence-corrected chi connectivity index (χ4v) is 10.5. The second-order valence-corrected chi connectivity index (χ2v) is 20.4. The third-order valence-corrected chi connectivity index (χ3v) is 14.3. The van der Waals surface area contributed by atoms with Crippen molar-refractivity contribution in [3.63, 3.8) is 0 Å². The van der Waals surface area contributed by atoms with Crippen LogP contribution in [0.3, 0.4) is 0 Å². The van der Waals surface area contributed by atoms with Crippen LogP contribution in [0.5, 0.6) is 11.5 Å². The number of fused-ring (bicyclic) bond motifs is 2. The first kappa shape index (κ1) is 45.1. The van der Waals surface area contributed by atoms with Gasteiger partial charge >= 0.3 is 12.1 Å². The number of thiazole rings is 1. The standard InChI is InChI=1S/C45H60ClN7O9S/c1-7-27-21-45(27,41(56)57)51-39(54)33-19-29(22-53(33)40(55)38(44(4,5)6)50-43(58)62-28-17-25-16-26(25)18-28)61-34-20-35(60-15-12-52-10-13-59-14-11-52)36(46)37-30(34)8-9-31(48-37)32-23-63-42(49-32)47-24(2)3/h8-9,20,23-29,33,38H,7,10-19,21-22H2,1-6H3,(H,47,49)(H,50,58)(H,51,54)(H,56,57)/t25-,26+,27-,28+,29-,33+,38-,45-/m1/s1. The highest BCUT2D eigenvalue weighted by Gasteiger charge is 2.61. The minimum absolute atomic E-state index is 0.0310. The molecule has 18 heteroatoms. The van der Waals surface area contributed by atoms with Gasteiger partial charge in [-0.2, -0.15) is 0 Å². The summed E-state index contributed by atoms with van der Waals surface area (Å²) in [5, 5.41) is 22.8. The smallest absolute Gasteiger partial charge is 0.408 e. The Labute approximate surface area is 377 Å². The van der Waals surface area contributed by atoms with Crippen LogP contribution in [0.4, 0.5) is 9.93 Å². The lowest BCUT2D eigenvalue weighted by molar-refractivity contribution is -0.146. The van der Waals surface area contributed by atoms with E-state index >= 15 is 0 Å². The number of rotatable bonds is 16. The lowest BCUT2D eigenvalue weighted by Crippen LogP contribution is -2.59. The summed E-state index contributed by atoms with van der Waals surface area (Å²) < 4.78 is 24.4. The first-order valence-corrected chi connectivity index (χ1v) is 23.6. The van der Waals surface area contributed by atoms with E-state index in [4.69, 9.17) is 40.5 Å². The van der Waals surface area contributed by atoms with Crippen LogP contribution in [0.2, 0.25) is 5.02 Å². The van der Waals surface area contributed by atoms with Crippen LogP contribution in [-0.4, -0.2) is 131 Å². The van der Waals surface area contributed by atoms with Crippen molar-refractivity contribution in [3.8, 4) is 22.9 Å². The van der Waals surface area contributed by atoms with Crippen molar-refractivity contribution in [1.82, 2.24) is 30.4 Å². The van der Waals surface area contributed by atoms with E-state index in [1.165, 1.54) is 22.7 Å². The Hall–Kier alpha value is -4.45. The highest BCUT2D eigenvalue weighted by molar-refractivity contribution is 7.14. The van der Waals surface area contributed by atoms with Gasteiger partial charge in [-0.3, -0.25) is 14.5 Å². The topological polar surface area (TPSA) is 194 Å². The van der Waals surface area contributed by atoms with Gasteiger partial charge in [0.05, 0.1) is 31.0 Å². The second kappa shape index (κ2) is 18.2. The summed E-state index contributed by atoms with van der Waals surface area (Å²) in [5.41, 5.74) is -0.500. The molecule has 342 valence electrons. The number of carbonyl (C=O) groups is 4. The van der Waals surface area contributed by atoms with Crippen LogP contribution in [0.15, 0.2) is 23.6 Å². The Morgan fingerprint density at radius 3 is 2.44 bits per heavy atom. The number of carboxylic acid groups (broad SMARTS) is 1. The fraction of sp³-hybridized carbons (Fsp3) is 0.644. The van der Waals surface area contributed by atoms with Gasteiger partial charge in [0, 0.05) is 48.9 Å². The molecule has 4 heterocycles. The molecular formula is C45H60ClN7O9S. The van der Waals surface area contributed by atoms with Crippen LogP contribution >= 0.6 is 22.9 Å². The van der Waals surface area contributed by atoms with Gasteiger partial charge in [-0.05, 0) is 74.8 Å². The normalized spacial score (nSPS) is 27.1. The Morgan fingerprint density at radius 1 is 1.03 bits per heavy atom. The van der Waals surface area contributed by atoms with E-state index in [0.717, 1.165) is 31.1 Å². The maximum Gasteiger partial charge on any atom is 0.408 e. The fourth-order valence-electron chi connectivity index (χ4n) is 9.38. The lowest BCUT2D eigenvalue weighted by Gasteiger charge is -2.35. The zero-order chi connectivity index (χ0) is 44.8. The molecule has 1 aromatic carbocycles. The van der Waals surface area contributed by atoms with Gasteiger partial charge in [0.25, 0.3) is 0 Å². The number of nitrogens with zero attached hydrogens (tertiary/aromatic N) is 4. The molecule has 0 bridgehead atoms. The van der Waals surface area contributed by atoms with Gasteiger partial charge in [0.15, 0.2) is 5.13 Å². The molecular weight excluding hydrogens is 850 g/mol. The van der Waals surface area contributed by atoms with Gasteiger partial charge in [0.1, 0.15) is 58.7 Å². The number of hydrogen-bond donors (Lipinski definition) is 4. The zero-order valence-electron chi connectivity index (χ0n) is 36.9. The maximum atomic E-state index is 14.8. The number of halogens is 1. The summed E-state index contributed by atoms with van der Waals surface area (Å²) in [6, 6.07) is 3.45. The molecule has 16 nitrogen and oxygen atoms in total. The SMILES string of the molecule is CC[C@@H]1C[C@]1(NC(=O)[C@@H]1C[C@@H](Oc2cc(OCCN3CCOCC3)c(Cl)c3nc(-c4csc(NC(C)C)n4)ccc23)CN1C(=O)[C@@H](NC(=O)O[C@@H]1C[C@@H]2C[C@@H]2C1)C(C)(C)C)C(=O)O. The van der Waals surface area contributed by atoms with Gasteiger partial charge in [-0.25, -0.2) is 19.6 Å². The number of morpholine rings is 1.